The van der Waals surface area contributed by atoms with Crippen LogP contribution in [0.25, 0.3) is 0 Å². The molecule has 2 aliphatic rings. The van der Waals surface area contributed by atoms with Crippen LogP contribution >= 0.6 is 28.7 Å². The van der Waals surface area contributed by atoms with E-state index in [0.29, 0.717) is 5.75 Å². The van der Waals surface area contributed by atoms with Crippen LogP contribution in [0.2, 0.25) is 0 Å². The van der Waals surface area contributed by atoms with Gasteiger partial charge < -0.3 is 10.6 Å². The first-order valence-corrected chi connectivity index (χ1v) is 10.1. The summed E-state index contributed by atoms with van der Waals surface area (Å²) in [6.45, 7) is 0. The summed E-state index contributed by atoms with van der Waals surface area (Å²) in [6, 6.07) is 1.90. The molecule has 28 heavy (non-hydrogen) atoms. The minimum absolute atomic E-state index is 0. The Bertz CT molecular complexity index is 784. The van der Waals surface area contributed by atoms with Crippen LogP contribution in [0, 0.1) is 15.9 Å². The molecule has 1 aromatic carbocycles. The number of thioether (sulfide) groups is 1. The lowest BCUT2D eigenvalue weighted by atomic mass is 10.0. The van der Waals surface area contributed by atoms with Gasteiger partial charge in [-0.15, -0.1) is 17.0 Å². The van der Waals surface area contributed by atoms with Crippen LogP contribution in [0.1, 0.15) is 60.5 Å². The smallest absolute Gasteiger partial charge is 0.275 e. The third-order valence-corrected chi connectivity index (χ3v) is 6.33. The molecular formula is C18H24BrFN4O3S. The van der Waals surface area contributed by atoms with E-state index in [2.05, 4.69) is 0 Å². The molecule has 10 heteroatoms. The van der Waals surface area contributed by atoms with E-state index < -0.39 is 22.2 Å². The predicted molar refractivity (Wildman–Crippen MR) is 114 cm³/mol. The number of hydrogen-bond donors (Lipinski definition) is 1. The first kappa shape index (κ1) is 22.6. The fourth-order valence-corrected chi connectivity index (χ4v) is 4.93. The Labute approximate surface area is 177 Å². The van der Waals surface area contributed by atoms with Gasteiger partial charge in [-0.25, -0.2) is 4.39 Å². The molecule has 1 aromatic rings. The number of aliphatic imine (C=N–C) groups is 1. The van der Waals surface area contributed by atoms with Crippen molar-refractivity contribution in [2.45, 2.75) is 50.6 Å². The fourth-order valence-electron chi connectivity index (χ4n) is 3.66. The van der Waals surface area contributed by atoms with Gasteiger partial charge in [0.2, 0.25) is 0 Å². The molecule has 7 nitrogen and oxygen atoms in total. The van der Waals surface area contributed by atoms with Crippen molar-refractivity contribution in [1.82, 2.24) is 4.90 Å². The predicted octanol–water partition coefficient (Wildman–Crippen LogP) is 4.21. The van der Waals surface area contributed by atoms with Crippen molar-refractivity contribution in [3.8, 4) is 0 Å². The molecule has 0 aromatic heterocycles. The number of carbonyl (C=O) groups is 1. The van der Waals surface area contributed by atoms with Gasteiger partial charge in [0.25, 0.3) is 11.6 Å². The van der Waals surface area contributed by atoms with Crippen molar-refractivity contribution < 1.29 is 14.1 Å². The van der Waals surface area contributed by atoms with E-state index in [9.17, 15) is 19.3 Å². The summed E-state index contributed by atoms with van der Waals surface area (Å²) in [6.07, 6.45) is 6.94. The molecule has 1 aliphatic carbocycles. The fraction of sp³-hybridized carbons (Fsp3) is 0.556. The summed E-state index contributed by atoms with van der Waals surface area (Å²) in [5, 5.41) is 12.3. The van der Waals surface area contributed by atoms with Gasteiger partial charge in [0.05, 0.1) is 28.1 Å². The summed E-state index contributed by atoms with van der Waals surface area (Å²) < 4.78 is 14.3. The Hall–Kier alpha value is -1.68. The van der Waals surface area contributed by atoms with Crippen LogP contribution in [0.4, 0.5) is 10.1 Å². The van der Waals surface area contributed by atoms with Crippen molar-refractivity contribution in [3.05, 3.63) is 39.2 Å². The van der Waals surface area contributed by atoms with E-state index in [0.717, 1.165) is 30.1 Å². The lowest BCUT2D eigenvalue weighted by Gasteiger charge is -2.22. The molecule has 0 spiro atoms. The van der Waals surface area contributed by atoms with Gasteiger partial charge in [-0.2, -0.15) is 0 Å². The SMILES string of the molecule is Br.CN1C(=NC2CCCCCC2)SCC1c1cc(F)c(C(N)=O)cc1[N+](=O)[O-]. The van der Waals surface area contributed by atoms with Crippen molar-refractivity contribution >= 4 is 45.5 Å². The maximum absolute atomic E-state index is 14.3. The normalized spacial score (nSPS) is 22.0. The van der Waals surface area contributed by atoms with Gasteiger partial charge in [-0.3, -0.25) is 19.9 Å². The molecule has 154 valence electrons. The number of nitrogens with two attached hydrogens (primary N) is 1. The van der Waals surface area contributed by atoms with E-state index in [1.807, 2.05) is 11.9 Å². The third kappa shape index (κ3) is 4.83. The quantitative estimate of drug-likeness (QED) is 0.399. The lowest BCUT2D eigenvalue weighted by Crippen LogP contribution is -2.25. The molecule has 3 rings (SSSR count). The number of benzene rings is 1. The minimum atomic E-state index is -1.02. The van der Waals surface area contributed by atoms with Crippen LogP contribution in [-0.2, 0) is 0 Å². The average Bonchev–Trinajstić information content (AvgIpc) is 2.81. The summed E-state index contributed by atoms with van der Waals surface area (Å²) in [5.74, 6) is -1.32. The topological polar surface area (TPSA) is 102 Å². The Morgan fingerprint density at radius 2 is 1.96 bits per heavy atom. The molecule has 0 bridgehead atoms. The van der Waals surface area contributed by atoms with E-state index in [1.54, 1.807) is 0 Å². The number of rotatable bonds is 4. The highest BCUT2D eigenvalue weighted by Crippen LogP contribution is 2.39. The van der Waals surface area contributed by atoms with Gasteiger partial charge in [0, 0.05) is 18.9 Å². The number of amidine groups is 1. The number of halogens is 2. The van der Waals surface area contributed by atoms with Crippen LogP contribution in [0.5, 0.6) is 0 Å². The van der Waals surface area contributed by atoms with Gasteiger partial charge >= 0.3 is 0 Å². The third-order valence-electron chi connectivity index (χ3n) is 5.19. The Morgan fingerprint density at radius 1 is 1.32 bits per heavy atom. The number of nitro groups is 1. The highest BCUT2D eigenvalue weighted by molar-refractivity contribution is 8.93. The highest BCUT2D eigenvalue weighted by atomic mass is 79.9. The first-order valence-electron chi connectivity index (χ1n) is 9.09. The summed E-state index contributed by atoms with van der Waals surface area (Å²) in [5.41, 5.74) is 4.60. The van der Waals surface area contributed by atoms with Crippen molar-refractivity contribution in [3.63, 3.8) is 0 Å². The Balaban J connectivity index is 0.00000280. The summed E-state index contributed by atoms with van der Waals surface area (Å²) in [7, 11) is 1.82. The second-order valence-electron chi connectivity index (χ2n) is 7.01. The zero-order valence-electron chi connectivity index (χ0n) is 15.6. The largest absolute Gasteiger partial charge is 0.366 e. The molecule has 1 saturated carbocycles. The zero-order valence-corrected chi connectivity index (χ0v) is 18.1. The van der Waals surface area contributed by atoms with E-state index in [4.69, 9.17) is 10.7 Å². The van der Waals surface area contributed by atoms with E-state index in [-0.39, 0.29) is 40.3 Å². The number of nitrogens with zero attached hydrogens (tertiary/aromatic N) is 3. The van der Waals surface area contributed by atoms with Crippen molar-refractivity contribution in [1.29, 1.82) is 0 Å². The molecule has 0 radical (unpaired) electrons. The molecule has 1 saturated heterocycles. The number of carbonyl (C=O) groups excluding carboxylic acids is 1. The molecule has 1 aliphatic heterocycles. The Morgan fingerprint density at radius 3 is 2.54 bits per heavy atom. The van der Waals surface area contributed by atoms with Crippen LogP contribution in [0.15, 0.2) is 17.1 Å². The summed E-state index contributed by atoms with van der Waals surface area (Å²) >= 11 is 1.53. The van der Waals surface area contributed by atoms with E-state index >= 15 is 0 Å². The van der Waals surface area contributed by atoms with E-state index in [1.165, 1.54) is 37.4 Å². The standard InChI is InChI=1S/C18H23FN4O3S.BrH/c1-22-16(10-27-18(22)21-11-6-4-2-3-5-7-11)13-8-14(19)12(17(20)24)9-15(13)23(25)26;/h8-9,11,16H,2-7,10H2,1H3,(H2,20,24);1H. The monoisotopic (exact) mass is 474 g/mol. The van der Waals surface area contributed by atoms with Gasteiger partial charge in [0.15, 0.2) is 5.17 Å². The van der Waals surface area contributed by atoms with Gasteiger partial charge in [-0.05, 0) is 18.9 Å². The first-order chi connectivity index (χ1) is 12.9. The second kappa shape index (κ2) is 9.69. The number of amides is 1. The lowest BCUT2D eigenvalue weighted by molar-refractivity contribution is -0.385. The zero-order chi connectivity index (χ0) is 19.6. The molecular weight excluding hydrogens is 451 g/mol. The van der Waals surface area contributed by atoms with Crippen LogP contribution in [0.3, 0.4) is 0 Å². The maximum atomic E-state index is 14.3. The van der Waals surface area contributed by atoms with Crippen molar-refractivity contribution in [2.24, 2.45) is 10.7 Å². The number of nitro benzene ring substituents is 1. The molecule has 1 amide bonds. The van der Waals surface area contributed by atoms with Gasteiger partial charge in [0.1, 0.15) is 5.82 Å². The highest BCUT2D eigenvalue weighted by Gasteiger charge is 2.35. The molecule has 1 atom stereocenters. The molecule has 1 heterocycles. The number of primary amides is 1. The number of hydrogen-bond acceptors (Lipinski definition) is 5. The molecule has 1 unspecified atom stereocenters. The van der Waals surface area contributed by atoms with Crippen LogP contribution in [-0.4, -0.2) is 39.7 Å². The van der Waals surface area contributed by atoms with Crippen LogP contribution < -0.4 is 5.73 Å². The average molecular weight is 475 g/mol. The second-order valence-corrected chi connectivity index (χ2v) is 7.99. The molecule has 2 N–H and O–H groups in total. The Kier molecular flexibility index (Phi) is 7.82. The van der Waals surface area contributed by atoms with Gasteiger partial charge in [-0.1, -0.05) is 37.4 Å². The van der Waals surface area contributed by atoms with Crippen molar-refractivity contribution in [2.75, 3.05) is 12.8 Å². The summed E-state index contributed by atoms with van der Waals surface area (Å²) in [4.78, 5) is 28.9. The minimum Gasteiger partial charge on any atom is -0.366 e. The maximum Gasteiger partial charge on any atom is 0.275 e. The molecule has 2 fully saturated rings.